The van der Waals surface area contributed by atoms with E-state index in [0.717, 1.165) is 25.1 Å². The predicted octanol–water partition coefficient (Wildman–Crippen LogP) is 2.23. The molecule has 114 valence electrons. The van der Waals surface area contributed by atoms with Crippen LogP contribution < -0.4 is 5.32 Å². The molecule has 1 aliphatic carbocycles. The number of hydrogen-bond donors (Lipinski definition) is 1. The van der Waals surface area contributed by atoms with Crippen LogP contribution in [0, 0.1) is 0 Å². The molecule has 0 atom stereocenters. The molecule has 1 N–H and O–H groups in total. The van der Waals surface area contributed by atoms with Crippen LogP contribution in [0.1, 0.15) is 48.2 Å². The van der Waals surface area contributed by atoms with Gasteiger partial charge in [0.15, 0.2) is 0 Å². The van der Waals surface area contributed by atoms with Crippen LogP contribution in [0.5, 0.6) is 0 Å². The summed E-state index contributed by atoms with van der Waals surface area (Å²) in [5.74, 6) is -1.08. The van der Waals surface area contributed by atoms with Crippen molar-refractivity contribution in [3.63, 3.8) is 0 Å². The Labute approximate surface area is 120 Å². The molecule has 1 heterocycles. The number of amides is 1. The van der Waals surface area contributed by atoms with Crippen LogP contribution in [-0.4, -0.2) is 29.5 Å². The molecule has 0 saturated heterocycles. The second kappa shape index (κ2) is 6.15. The number of halogens is 2. The highest BCUT2D eigenvalue weighted by Crippen LogP contribution is 2.31. The zero-order valence-electron chi connectivity index (χ0n) is 11.6. The Bertz CT molecular complexity index is 543. The van der Waals surface area contributed by atoms with Crippen LogP contribution in [0.15, 0.2) is 18.3 Å². The second-order valence-corrected chi connectivity index (χ2v) is 5.00. The van der Waals surface area contributed by atoms with E-state index >= 15 is 0 Å². The van der Waals surface area contributed by atoms with Crippen LogP contribution in [-0.2, 0) is 9.53 Å². The van der Waals surface area contributed by atoms with Gasteiger partial charge in [0.1, 0.15) is 11.2 Å². The van der Waals surface area contributed by atoms with E-state index in [2.05, 4.69) is 10.3 Å². The van der Waals surface area contributed by atoms with Gasteiger partial charge in [-0.05, 0) is 25.0 Å². The van der Waals surface area contributed by atoms with E-state index in [1.165, 1.54) is 13.2 Å². The first-order valence-electron chi connectivity index (χ1n) is 6.63. The summed E-state index contributed by atoms with van der Waals surface area (Å²) >= 11 is 0. The number of methoxy groups -OCH3 is 1. The summed E-state index contributed by atoms with van der Waals surface area (Å²) < 4.78 is 30.0. The van der Waals surface area contributed by atoms with Gasteiger partial charge in [0, 0.05) is 11.8 Å². The van der Waals surface area contributed by atoms with Crippen LogP contribution in [0.2, 0.25) is 0 Å². The highest BCUT2D eigenvalue weighted by molar-refractivity contribution is 5.98. The first-order chi connectivity index (χ1) is 9.98. The van der Waals surface area contributed by atoms with E-state index < -0.39 is 29.5 Å². The van der Waals surface area contributed by atoms with Gasteiger partial charge in [0.2, 0.25) is 0 Å². The fraction of sp³-hybridized carbons (Fsp3) is 0.500. The minimum atomic E-state index is -2.75. The number of carbonyl (C=O) groups is 2. The first-order valence-corrected chi connectivity index (χ1v) is 6.63. The van der Waals surface area contributed by atoms with E-state index in [1.54, 1.807) is 0 Å². The van der Waals surface area contributed by atoms with Crippen molar-refractivity contribution >= 4 is 11.9 Å². The van der Waals surface area contributed by atoms with Crippen molar-refractivity contribution < 1.29 is 23.1 Å². The predicted molar refractivity (Wildman–Crippen MR) is 69.9 cm³/mol. The fourth-order valence-corrected chi connectivity index (χ4v) is 2.55. The summed E-state index contributed by atoms with van der Waals surface area (Å²) in [5.41, 5.74) is -1.48. The van der Waals surface area contributed by atoms with E-state index in [0.29, 0.717) is 12.8 Å². The van der Waals surface area contributed by atoms with Crippen molar-refractivity contribution in [3.8, 4) is 0 Å². The minimum Gasteiger partial charge on any atom is -0.467 e. The van der Waals surface area contributed by atoms with Crippen molar-refractivity contribution in [1.82, 2.24) is 10.3 Å². The number of ether oxygens (including phenoxy) is 1. The molecule has 0 radical (unpaired) electrons. The zero-order valence-corrected chi connectivity index (χ0v) is 11.6. The Morgan fingerprint density at radius 1 is 1.38 bits per heavy atom. The van der Waals surface area contributed by atoms with Gasteiger partial charge in [-0.15, -0.1) is 0 Å². The molecule has 21 heavy (non-hydrogen) atoms. The van der Waals surface area contributed by atoms with Crippen molar-refractivity contribution in [2.75, 3.05) is 7.11 Å². The standard InChI is InChI=1S/C14H16F2N2O3/c1-21-13(20)14(5-2-3-6-14)18-12(19)9-4-7-17-10(8-9)11(15)16/h4,7-8,11H,2-3,5-6H2,1H3,(H,18,19). The molecule has 0 bridgehead atoms. The number of aromatic nitrogens is 1. The van der Waals surface area contributed by atoms with Gasteiger partial charge >= 0.3 is 5.97 Å². The maximum atomic E-state index is 12.6. The largest absolute Gasteiger partial charge is 0.467 e. The summed E-state index contributed by atoms with van der Waals surface area (Å²) in [5, 5.41) is 2.64. The topological polar surface area (TPSA) is 68.3 Å². The monoisotopic (exact) mass is 298 g/mol. The van der Waals surface area contributed by atoms with Crippen molar-refractivity contribution in [3.05, 3.63) is 29.6 Å². The smallest absolute Gasteiger partial charge is 0.331 e. The lowest BCUT2D eigenvalue weighted by Gasteiger charge is -2.27. The summed E-state index contributed by atoms with van der Waals surface area (Å²) in [6.07, 6.45) is 0.965. The van der Waals surface area contributed by atoms with E-state index in [1.807, 2.05) is 0 Å². The molecule has 0 aromatic carbocycles. The third kappa shape index (κ3) is 3.17. The number of esters is 1. The van der Waals surface area contributed by atoms with Crippen LogP contribution in [0.25, 0.3) is 0 Å². The number of rotatable bonds is 4. The van der Waals surface area contributed by atoms with Crippen LogP contribution in [0.4, 0.5) is 8.78 Å². The van der Waals surface area contributed by atoms with Crippen LogP contribution in [0.3, 0.4) is 0 Å². The van der Waals surface area contributed by atoms with Gasteiger partial charge in [-0.2, -0.15) is 0 Å². The van der Waals surface area contributed by atoms with Gasteiger partial charge in [-0.1, -0.05) is 12.8 Å². The first kappa shape index (κ1) is 15.3. The molecule has 0 unspecified atom stereocenters. The van der Waals surface area contributed by atoms with E-state index in [4.69, 9.17) is 4.74 Å². The molecule has 1 saturated carbocycles. The molecule has 2 rings (SSSR count). The molecule has 0 aliphatic heterocycles. The molecule has 7 heteroatoms. The van der Waals surface area contributed by atoms with Crippen molar-refractivity contribution in [1.29, 1.82) is 0 Å². The van der Waals surface area contributed by atoms with Crippen molar-refractivity contribution in [2.45, 2.75) is 37.6 Å². The minimum absolute atomic E-state index is 0.0514. The summed E-state index contributed by atoms with van der Waals surface area (Å²) in [7, 11) is 1.26. The van der Waals surface area contributed by atoms with E-state index in [9.17, 15) is 18.4 Å². The van der Waals surface area contributed by atoms with Gasteiger partial charge in [-0.25, -0.2) is 13.6 Å². The number of alkyl halides is 2. The zero-order chi connectivity index (χ0) is 15.5. The molecule has 5 nitrogen and oxygen atoms in total. The SMILES string of the molecule is COC(=O)C1(NC(=O)c2ccnc(C(F)F)c2)CCCC1. The Morgan fingerprint density at radius 2 is 2.05 bits per heavy atom. The van der Waals surface area contributed by atoms with Gasteiger partial charge < -0.3 is 10.1 Å². The molecule has 1 aromatic heterocycles. The lowest BCUT2D eigenvalue weighted by molar-refractivity contribution is -0.148. The number of nitrogens with zero attached hydrogens (tertiary/aromatic N) is 1. The number of hydrogen-bond acceptors (Lipinski definition) is 4. The van der Waals surface area contributed by atoms with Gasteiger partial charge in [0.05, 0.1) is 7.11 Å². The Balaban J connectivity index is 2.20. The second-order valence-electron chi connectivity index (χ2n) is 5.00. The fourth-order valence-electron chi connectivity index (χ4n) is 2.55. The highest BCUT2D eigenvalue weighted by atomic mass is 19.3. The lowest BCUT2D eigenvalue weighted by atomic mass is 9.97. The Morgan fingerprint density at radius 3 is 2.62 bits per heavy atom. The lowest BCUT2D eigenvalue weighted by Crippen LogP contribution is -2.53. The highest BCUT2D eigenvalue weighted by Gasteiger charge is 2.43. The molecule has 1 aliphatic rings. The normalized spacial score (nSPS) is 16.8. The van der Waals surface area contributed by atoms with Gasteiger partial charge in [0.25, 0.3) is 12.3 Å². The average molecular weight is 298 g/mol. The number of carbonyl (C=O) groups excluding carboxylic acids is 2. The molecule has 0 spiro atoms. The summed E-state index contributed by atoms with van der Waals surface area (Å²) in [4.78, 5) is 27.6. The Kier molecular flexibility index (Phi) is 4.50. The number of nitrogens with one attached hydrogen (secondary N) is 1. The molecule has 1 fully saturated rings. The van der Waals surface area contributed by atoms with E-state index in [-0.39, 0.29) is 5.56 Å². The molecule has 1 aromatic rings. The number of pyridine rings is 1. The van der Waals surface area contributed by atoms with Gasteiger partial charge in [-0.3, -0.25) is 9.78 Å². The quantitative estimate of drug-likeness (QED) is 0.866. The van der Waals surface area contributed by atoms with Crippen LogP contribution >= 0.6 is 0 Å². The summed E-state index contributed by atoms with van der Waals surface area (Å²) in [6.45, 7) is 0. The maximum absolute atomic E-state index is 12.6. The third-order valence-corrected chi connectivity index (χ3v) is 3.65. The Hall–Kier alpha value is -2.05. The average Bonchev–Trinajstić information content (AvgIpc) is 2.96. The molecule has 1 amide bonds. The maximum Gasteiger partial charge on any atom is 0.331 e. The molecular formula is C14H16F2N2O3. The third-order valence-electron chi connectivity index (χ3n) is 3.65. The van der Waals surface area contributed by atoms with Crippen molar-refractivity contribution in [2.24, 2.45) is 0 Å². The summed E-state index contributed by atoms with van der Waals surface area (Å²) in [6, 6.07) is 2.36. The molecular weight excluding hydrogens is 282 g/mol.